The summed E-state index contributed by atoms with van der Waals surface area (Å²) in [6, 6.07) is 6.15. The van der Waals surface area contributed by atoms with Gasteiger partial charge in [-0.2, -0.15) is 0 Å². The van der Waals surface area contributed by atoms with Crippen LogP contribution >= 0.6 is 11.3 Å². The van der Waals surface area contributed by atoms with E-state index in [1.54, 1.807) is 18.2 Å². The van der Waals surface area contributed by atoms with E-state index in [2.05, 4.69) is 20.8 Å². The van der Waals surface area contributed by atoms with Crippen molar-refractivity contribution in [1.29, 1.82) is 0 Å². The Hall–Kier alpha value is -1.90. The molecular formula is C14H15FN4O2S. The van der Waals surface area contributed by atoms with Gasteiger partial charge in [-0.05, 0) is 11.6 Å². The van der Waals surface area contributed by atoms with Crippen molar-refractivity contribution in [2.45, 2.75) is 12.5 Å². The summed E-state index contributed by atoms with van der Waals surface area (Å²) in [6.07, 6.45) is 0.352. The summed E-state index contributed by atoms with van der Waals surface area (Å²) >= 11 is 1.24. The fourth-order valence-electron chi connectivity index (χ4n) is 2.11. The van der Waals surface area contributed by atoms with Crippen LogP contribution in [-0.2, 0) is 16.0 Å². The van der Waals surface area contributed by atoms with Crippen LogP contribution in [0.5, 0.6) is 0 Å². The molecule has 0 bridgehead atoms. The third kappa shape index (κ3) is 3.65. The van der Waals surface area contributed by atoms with Crippen molar-refractivity contribution in [2.24, 2.45) is 0 Å². The van der Waals surface area contributed by atoms with Crippen molar-refractivity contribution >= 4 is 22.4 Å². The third-order valence-electron chi connectivity index (χ3n) is 3.23. The number of hydrogen-bond acceptors (Lipinski definition) is 6. The Morgan fingerprint density at radius 1 is 1.45 bits per heavy atom. The van der Waals surface area contributed by atoms with E-state index in [0.29, 0.717) is 41.9 Å². The maximum atomic E-state index is 13.6. The maximum absolute atomic E-state index is 13.6. The fourth-order valence-corrected chi connectivity index (χ4v) is 2.87. The van der Waals surface area contributed by atoms with Crippen LogP contribution in [0.25, 0.3) is 0 Å². The molecule has 1 fully saturated rings. The smallest absolute Gasteiger partial charge is 0.245 e. The number of rotatable bonds is 4. The first-order valence-corrected chi connectivity index (χ1v) is 7.72. The molecule has 116 valence electrons. The Balaban J connectivity index is 1.61. The zero-order valence-electron chi connectivity index (χ0n) is 11.7. The van der Waals surface area contributed by atoms with Gasteiger partial charge in [-0.3, -0.25) is 10.1 Å². The molecule has 6 nitrogen and oxygen atoms in total. The Kier molecular flexibility index (Phi) is 4.71. The van der Waals surface area contributed by atoms with E-state index in [0.717, 1.165) is 0 Å². The highest BCUT2D eigenvalue weighted by Gasteiger charge is 2.22. The Labute approximate surface area is 130 Å². The van der Waals surface area contributed by atoms with Gasteiger partial charge in [0, 0.05) is 13.0 Å². The van der Waals surface area contributed by atoms with Crippen molar-refractivity contribution in [1.82, 2.24) is 15.5 Å². The molecule has 1 aliphatic heterocycles. The Morgan fingerprint density at radius 2 is 2.32 bits per heavy atom. The first kappa shape index (κ1) is 15.0. The summed E-state index contributed by atoms with van der Waals surface area (Å²) in [6.45, 7) is 1.59. The van der Waals surface area contributed by atoms with Gasteiger partial charge in [-0.25, -0.2) is 4.39 Å². The van der Waals surface area contributed by atoms with Crippen LogP contribution < -0.4 is 10.6 Å². The van der Waals surface area contributed by atoms with Crippen LogP contribution in [0.3, 0.4) is 0 Å². The lowest BCUT2D eigenvalue weighted by atomic mass is 10.1. The number of ether oxygens (including phenoxy) is 1. The van der Waals surface area contributed by atoms with Crippen molar-refractivity contribution < 1.29 is 13.9 Å². The van der Waals surface area contributed by atoms with Crippen molar-refractivity contribution in [3.05, 3.63) is 40.7 Å². The molecule has 0 spiro atoms. The number of carbonyl (C=O) groups is 1. The van der Waals surface area contributed by atoms with Crippen molar-refractivity contribution in [2.75, 3.05) is 25.1 Å². The van der Waals surface area contributed by atoms with E-state index in [4.69, 9.17) is 4.74 Å². The molecule has 1 aliphatic rings. The summed E-state index contributed by atoms with van der Waals surface area (Å²) < 4.78 is 18.8. The van der Waals surface area contributed by atoms with Crippen LogP contribution in [0.4, 0.5) is 9.52 Å². The van der Waals surface area contributed by atoms with E-state index in [9.17, 15) is 9.18 Å². The van der Waals surface area contributed by atoms with E-state index >= 15 is 0 Å². The molecule has 1 aromatic heterocycles. The predicted octanol–water partition coefficient (Wildman–Crippen LogP) is 1.19. The summed E-state index contributed by atoms with van der Waals surface area (Å²) in [4.78, 5) is 12.0. The van der Waals surface area contributed by atoms with Gasteiger partial charge in [0.1, 0.15) is 16.9 Å². The molecule has 22 heavy (non-hydrogen) atoms. The number of aromatic nitrogens is 2. The second-order valence-corrected chi connectivity index (χ2v) is 5.90. The zero-order valence-corrected chi connectivity index (χ0v) is 12.5. The van der Waals surface area contributed by atoms with Crippen LogP contribution in [-0.4, -0.2) is 41.9 Å². The van der Waals surface area contributed by atoms with E-state index < -0.39 is 0 Å². The van der Waals surface area contributed by atoms with Gasteiger partial charge in [0.25, 0.3) is 0 Å². The minimum Gasteiger partial charge on any atom is -0.378 e. The summed E-state index contributed by atoms with van der Waals surface area (Å²) in [5.41, 5.74) is 0.555. The quantitative estimate of drug-likeness (QED) is 0.884. The van der Waals surface area contributed by atoms with Gasteiger partial charge in [-0.15, -0.1) is 10.2 Å². The molecule has 1 unspecified atom stereocenters. The maximum Gasteiger partial charge on any atom is 0.245 e. The number of carbonyl (C=O) groups excluding carboxylic acids is 1. The molecule has 0 radical (unpaired) electrons. The average molecular weight is 322 g/mol. The molecule has 1 atom stereocenters. The number of nitrogens with one attached hydrogen (secondary N) is 2. The molecule has 1 amide bonds. The number of anilines is 1. The van der Waals surface area contributed by atoms with Gasteiger partial charge in [0.2, 0.25) is 11.0 Å². The van der Waals surface area contributed by atoms with Gasteiger partial charge in [0.15, 0.2) is 0 Å². The highest BCUT2D eigenvalue weighted by molar-refractivity contribution is 7.15. The number of amides is 1. The Bertz CT molecular complexity index is 658. The Morgan fingerprint density at radius 3 is 3.09 bits per heavy atom. The molecule has 8 heteroatoms. The highest BCUT2D eigenvalue weighted by Crippen LogP contribution is 2.20. The number of nitrogens with zero attached hydrogens (tertiary/aromatic N) is 2. The summed E-state index contributed by atoms with van der Waals surface area (Å²) in [7, 11) is 0. The lowest BCUT2D eigenvalue weighted by molar-refractivity contribution is -0.120. The van der Waals surface area contributed by atoms with E-state index in [1.165, 1.54) is 17.4 Å². The first-order chi connectivity index (χ1) is 10.7. The zero-order chi connectivity index (χ0) is 15.4. The second-order valence-electron chi connectivity index (χ2n) is 4.84. The lowest BCUT2D eigenvalue weighted by Crippen LogP contribution is -2.48. The standard InChI is InChI=1S/C14H15FN4O2S/c15-10-4-2-1-3-9(10)7-12-18-19-14(22-12)17-13(20)11-8-21-6-5-16-11/h1-4,11,16H,5-8H2,(H,17,19,20). The molecule has 2 aromatic rings. The SMILES string of the molecule is O=C(Nc1nnc(Cc2ccccc2F)s1)C1COCCN1. The third-order valence-corrected chi connectivity index (χ3v) is 4.07. The first-order valence-electron chi connectivity index (χ1n) is 6.90. The molecule has 0 saturated carbocycles. The normalized spacial score (nSPS) is 18.1. The topological polar surface area (TPSA) is 76.1 Å². The van der Waals surface area contributed by atoms with Crippen LogP contribution in [0, 0.1) is 5.82 Å². The molecule has 1 saturated heterocycles. The molecule has 2 N–H and O–H groups in total. The van der Waals surface area contributed by atoms with E-state index in [1.807, 2.05) is 0 Å². The monoisotopic (exact) mass is 322 g/mol. The van der Waals surface area contributed by atoms with Gasteiger partial charge in [-0.1, -0.05) is 29.5 Å². The minimum absolute atomic E-state index is 0.201. The van der Waals surface area contributed by atoms with Gasteiger partial charge >= 0.3 is 0 Å². The summed E-state index contributed by atoms with van der Waals surface area (Å²) in [5, 5.41) is 14.7. The fraction of sp³-hybridized carbons (Fsp3) is 0.357. The highest BCUT2D eigenvalue weighted by atomic mass is 32.1. The predicted molar refractivity (Wildman–Crippen MR) is 80.4 cm³/mol. The van der Waals surface area contributed by atoms with Gasteiger partial charge in [0.05, 0.1) is 13.2 Å². The lowest BCUT2D eigenvalue weighted by Gasteiger charge is -2.22. The number of hydrogen-bond donors (Lipinski definition) is 2. The average Bonchev–Trinajstić information content (AvgIpc) is 2.97. The van der Waals surface area contributed by atoms with Crippen LogP contribution in [0.2, 0.25) is 0 Å². The second kappa shape index (κ2) is 6.91. The minimum atomic E-state index is -0.382. The van der Waals surface area contributed by atoms with Crippen molar-refractivity contribution in [3.8, 4) is 0 Å². The molecule has 2 heterocycles. The van der Waals surface area contributed by atoms with Crippen LogP contribution in [0.1, 0.15) is 10.6 Å². The molecule has 3 rings (SSSR count). The molecule has 1 aromatic carbocycles. The van der Waals surface area contributed by atoms with E-state index in [-0.39, 0.29) is 17.8 Å². The molecule has 0 aliphatic carbocycles. The van der Waals surface area contributed by atoms with Crippen LogP contribution in [0.15, 0.2) is 24.3 Å². The molecular weight excluding hydrogens is 307 g/mol. The van der Waals surface area contributed by atoms with Gasteiger partial charge < -0.3 is 10.1 Å². The number of halogens is 1. The largest absolute Gasteiger partial charge is 0.378 e. The number of benzene rings is 1. The van der Waals surface area contributed by atoms with Crippen molar-refractivity contribution in [3.63, 3.8) is 0 Å². The number of morpholine rings is 1. The summed E-state index contributed by atoms with van der Waals surface area (Å²) in [5.74, 6) is -0.472.